The van der Waals surface area contributed by atoms with Gasteiger partial charge in [-0.3, -0.25) is 0 Å². The first-order valence-electron chi connectivity index (χ1n) is 3.88. The molecule has 1 heterocycles. The van der Waals surface area contributed by atoms with Gasteiger partial charge in [-0.1, -0.05) is 26.0 Å². The van der Waals surface area contributed by atoms with Crippen LogP contribution < -0.4 is 0 Å². The number of benzene rings is 1. The van der Waals surface area contributed by atoms with Crippen molar-refractivity contribution >= 4 is 11.1 Å². The van der Waals surface area contributed by atoms with Gasteiger partial charge in [0.1, 0.15) is 5.52 Å². The number of hydrogen-bond donors (Lipinski definition) is 0. The second-order valence-corrected chi connectivity index (χ2v) is 2.06. The Labute approximate surface area is 66.4 Å². The maximum Gasteiger partial charge on any atom is 0.181 e. The van der Waals surface area contributed by atoms with Crippen molar-refractivity contribution in [3.05, 3.63) is 24.3 Å². The molecular weight excluding hydrogens is 138 g/mol. The number of hydrogen-bond acceptors (Lipinski definition) is 1. The highest BCUT2D eigenvalue weighted by Gasteiger charge is 2.00. The highest BCUT2D eigenvalue weighted by Crippen LogP contribution is 2.15. The van der Waals surface area contributed by atoms with Gasteiger partial charge in [0.15, 0.2) is 5.58 Å². The Morgan fingerprint density at radius 3 is 2.27 bits per heavy atom. The lowest BCUT2D eigenvalue weighted by Gasteiger charge is -2.06. The average molecular weight is 151 g/mol. The third kappa shape index (κ3) is 1.29. The van der Waals surface area contributed by atoms with Gasteiger partial charge < -0.3 is 4.52 Å². The second-order valence-electron chi connectivity index (χ2n) is 2.06. The van der Waals surface area contributed by atoms with E-state index in [2.05, 4.69) is 0 Å². The summed E-state index contributed by atoms with van der Waals surface area (Å²) in [6, 6.07) is 7.94. The van der Waals surface area contributed by atoms with E-state index in [-0.39, 0.29) is 0 Å². The van der Waals surface area contributed by atoms with Crippen LogP contribution in [-0.2, 0) is 7.05 Å². The molecule has 0 fully saturated rings. The largest absolute Gasteiger partial charge is 0.377 e. The van der Waals surface area contributed by atoms with Crippen molar-refractivity contribution in [3.63, 3.8) is 0 Å². The SMILES string of the molecule is CC.Cn1oc2ccccc21. The van der Waals surface area contributed by atoms with Crippen LogP contribution in [0.3, 0.4) is 0 Å². The number of nitrogens with zero attached hydrogens (tertiary/aromatic N) is 1. The summed E-state index contributed by atoms with van der Waals surface area (Å²) < 4.78 is 6.86. The zero-order chi connectivity index (χ0) is 8.27. The minimum absolute atomic E-state index is 0.972. The standard InChI is InChI=1S/C7H7NO.C2H6/c1-8-6-4-2-3-5-7(6)9-8;1-2/h2-5H,1H3;1-2H3. The topological polar surface area (TPSA) is 18.1 Å². The lowest BCUT2D eigenvalue weighted by Crippen LogP contribution is -1.95. The molecule has 2 aromatic rings. The van der Waals surface area contributed by atoms with Gasteiger partial charge in [0.05, 0.1) is 0 Å². The van der Waals surface area contributed by atoms with Gasteiger partial charge in [-0.2, -0.15) is 0 Å². The van der Waals surface area contributed by atoms with Gasteiger partial charge in [0.25, 0.3) is 0 Å². The first kappa shape index (κ1) is 7.92. The van der Waals surface area contributed by atoms with Crippen molar-refractivity contribution in [2.24, 2.45) is 7.05 Å². The quantitative estimate of drug-likeness (QED) is 0.566. The van der Waals surface area contributed by atoms with E-state index < -0.39 is 0 Å². The highest BCUT2D eigenvalue weighted by atomic mass is 16.5. The molecule has 2 heteroatoms. The Morgan fingerprint density at radius 1 is 1.18 bits per heavy atom. The van der Waals surface area contributed by atoms with E-state index in [1.54, 1.807) is 4.74 Å². The van der Waals surface area contributed by atoms with Crippen molar-refractivity contribution in [2.45, 2.75) is 13.8 Å². The predicted molar refractivity (Wildman–Crippen MR) is 46.5 cm³/mol. The summed E-state index contributed by atoms with van der Waals surface area (Å²) >= 11 is 0. The third-order valence-corrected chi connectivity index (χ3v) is 1.44. The van der Waals surface area contributed by atoms with Crippen LogP contribution in [0.25, 0.3) is 11.1 Å². The van der Waals surface area contributed by atoms with Crippen molar-refractivity contribution in [3.8, 4) is 0 Å². The van der Waals surface area contributed by atoms with Crippen LogP contribution in [-0.4, -0.2) is 4.74 Å². The van der Waals surface area contributed by atoms with E-state index in [0.29, 0.717) is 0 Å². The summed E-state index contributed by atoms with van der Waals surface area (Å²) in [6.45, 7) is 4.00. The molecule has 0 unspecified atom stereocenters. The van der Waals surface area contributed by atoms with Crippen LogP contribution in [0.15, 0.2) is 28.8 Å². The Kier molecular flexibility index (Phi) is 2.36. The Morgan fingerprint density at radius 2 is 1.82 bits per heavy atom. The van der Waals surface area contributed by atoms with Crippen molar-refractivity contribution in [1.82, 2.24) is 4.74 Å². The molecule has 0 aliphatic carbocycles. The molecule has 2 nitrogen and oxygen atoms in total. The van der Waals surface area contributed by atoms with Crippen LogP contribution in [0.1, 0.15) is 13.8 Å². The highest BCUT2D eigenvalue weighted by molar-refractivity contribution is 5.73. The minimum atomic E-state index is 0.972. The molecule has 1 aromatic heterocycles. The summed E-state index contributed by atoms with van der Waals surface area (Å²) in [5, 5.41) is 0. The number of aromatic nitrogens is 1. The lowest BCUT2D eigenvalue weighted by molar-refractivity contribution is 0.305. The summed E-state index contributed by atoms with van der Waals surface area (Å²) in [5.41, 5.74) is 2.14. The van der Waals surface area contributed by atoms with Crippen LogP contribution in [0.2, 0.25) is 0 Å². The molecule has 0 atom stereocenters. The first-order valence-corrected chi connectivity index (χ1v) is 3.88. The maximum absolute atomic E-state index is 5.12. The number of para-hydroxylation sites is 2. The van der Waals surface area contributed by atoms with E-state index in [0.717, 1.165) is 11.1 Å². The Balaban J connectivity index is 0.000000281. The third-order valence-electron chi connectivity index (χ3n) is 1.44. The second kappa shape index (κ2) is 3.28. The van der Waals surface area contributed by atoms with Crippen molar-refractivity contribution in [2.75, 3.05) is 0 Å². The van der Waals surface area contributed by atoms with Crippen LogP contribution in [0, 0.1) is 0 Å². The van der Waals surface area contributed by atoms with Crippen molar-refractivity contribution in [1.29, 1.82) is 0 Å². The molecule has 0 N–H and O–H groups in total. The van der Waals surface area contributed by atoms with Gasteiger partial charge in [-0.25, -0.2) is 4.74 Å². The molecule has 0 saturated carbocycles. The summed E-state index contributed by atoms with van der Waals surface area (Å²) in [4.78, 5) is 0. The van der Waals surface area contributed by atoms with Crippen LogP contribution in [0.5, 0.6) is 0 Å². The fraction of sp³-hybridized carbons (Fsp3) is 0.333. The zero-order valence-electron chi connectivity index (χ0n) is 7.16. The molecule has 0 spiro atoms. The number of aryl methyl sites for hydroxylation is 1. The van der Waals surface area contributed by atoms with Crippen molar-refractivity contribution < 1.29 is 4.52 Å². The summed E-state index contributed by atoms with van der Waals surface area (Å²) in [5.74, 6) is 0. The van der Waals surface area contributed by atoms with Gasteiger partial charge >= 0.3 is 0 Å². The minimum Gasteiger partial charge on any atom is -0.377 e. The van der Waals surface area contributed by atoms with Crippen LogP contribution in [0.4, 0.5) is 0 Å². The average Bonchev–Trinajstić information content (AvgIpc) is 2.07. The van der Waals surface area contributed by atoms with Gasteiger partial charge in [-0.15, -0.1) is 0 Å². The normalized spacial score (nSPS) is 9.36. The molecule has 0 amide bonds. The van der Waals surface area contributed by atoms with E-state index in [9.17, 15) is 0 Å². The fourth-order valence-electron chi connectivity index (χ4n) is 0.952. The maximum atomic E-state index is 5.12. The molecule has 11 heavy (non-hydrogen) atoms. The van der Waals surface area contributed by atoms with Gasteiger partial charge in [0, 0.05) is 7.05 Å². The van der Waals surface area contributed by atoms with Gasteiger partial charge in [0.2, 0.25) is 0 Å². The van der Waals surface area contributed by atoms with E-state index >= 15 is 0 Å². The van der Waals surface area contributed by atoms with Crippen LogP contribution >= 0.6 is 0 Å². The predicted octanol–water partition coefficient (Wildman–Crippen LogP) is 2.80. The molecule has 0 aliphatic heterocycles. The van der Waals surface area contributed by atoms with E-state index in [1.165, 1.54) is 0 Å². The molecule has 0 bridgehead atoms. The fourth-order valence-corrected chi connectivity index (χ4v) is 0.952. The van der Waals surface area contributed by atoms with Gasteiger partial charge in [-0.05, 0) is 12.1 Å². The molecule has 0 aliphatic rings. The zero-order valence-corrected chi connectivity index (χ0v) is 7.16. The lowest BCUT2D eigenvalue weighted by atomic mass is 10.3. The van der Waals surface area contributed by atoms with E-state index in [1.807, 2.05) is 45.2 Å². The molecule has 2 rings (SSSR count). The Hall–Kier alpha value is -1.18. The smallest absolute Gasteiger partial charge is 0.181 e. The molecular formula is C9H13NO. The molecule has 0 radical (unpaired) electrons. The summed E-state index contributed by atoms with van der Waals surface area (Å²) in [6.07, 6.45) is 0. The molecule has 1 aromatic carbocycles. The monoisotopic (exact) mass is 151 g/mol. The molecule has 0 saturated heterocycles. The summed E-state index contributed by atoms with van der Waals surface area (Å²) in [7, 11) is 1.89. The number of fused-ring (bicyclic) bond motifs is 1. The number of rotatable bonds is 0. The van der Waals surface area contributed by atoms with E-state index in [4.69, 9.17) is 4.52 Å². The Bertz CT molecular complexity index is 319. The molecule has 60 valence electrons. The first-order chi connectivity index (χ1) is 5.38.